The van der Waals surface area contributed by atoms with Crippen LogP contribution in [0.1, 0.15) is 11.1 Å². The lowest BCUT2D eigenvalue weighted by Gasteiger charge is -2.07. The van der Waals surface area contributed by atoms with Crippen LogP contribution in [0.2, 0.25) is 10.0 Å². The van der Waals surface area contributed by atoms with Crippen molar-refractivity contribution in [3.8, 4) is 34.1 Å². The van der Waals surface area contributed by atoms with Crippen LogP contribution >= 0.6 is 23.2 Å². The van der Waals surface area contributed by atoms with Crippen molar-refractivity contribution in [1.82, 2.24) is 10.5 Å². The third-order valence-corrected chi connectivity index (χ3v) is 5.82. The number of carboxylic acids is 1. The number of aromatic nitrogens is 1. The molecule has 4 aromatic rings. The number of rotatable bonds is 10. The second-order valence-electron chi connectivity index (χ2n) is 7.98. The number of nitrogens with zero attached hydrogens (tertiary/aromatic N) is 1. The van der Waals surface area contributed by atoms with Crippen molar-refractivity contribution < 1.29 is 28.7 Å². The fourth-order valence-electron chi connectivity index (χ4n) is 3.51. The van der Waals surface area contributed by atoms with E-state index in [0.717, 1.165) is 28.0 Å². The Balaban J connectivity index is 0.000000244. The first-order valence-corrected chi connectivity index (χ1v) is 12.2. The van der Waals surface area contributed by atoms with Crippen LogP contribution in [0, 0.1) is 6.92 Å². The molecule has 0 aliphatic heterocycles. The van der Waals surface area contributed by atoms with Gasteiger partial charge in [0.15, 0.2) is 5.76 Å². The van der Waals surface area contributed by atoms with E-state index in [0.29, 0.717) is 46.8 Å². The summed E-state index contributed by atoms with van der Waals surface area (Å²) in [6, 6.07) is 19.9. The van der Waals surface area contributed by atoms with Crippen molar-refractivity contribution in [2.75, 3.05) is 20.3 Å². The minimum Gasteiger partial charge on any atom is -0.497 e. The minimum absolute atomic E-state index is 0.0204. The molecule has 8 nitrogen and oxygen atoms in total. The van der Waals surface area contributed by atoms with Crippen LogP contribution in [0.15, 0.2) is 71.3 Å². The molecule has 0 fully saturated rings. The number of carbonyl (C=O) groups is 2. The first-order chi connectivity index (χ1) is 18.3. The third kappa shape index (κ3) is 7.99. The molecule has 0 aliphatic rings. The molecule has 0 saturated heterocycles. The van der Waals surface area contributed by atoms with Gasteiger partial charge in [0, 0.05) is 21.7 Å². The zero-order valence-electron chi connectivity index (χ0n) is 20.7. The Morgan fingerprint density at radius 2 is 1.84 bits per heavy atom. The van der Waals surface area contributed by atoms with E-state index in [9.17, 15) is 9.59 Å². The first kappa shape index (κ1) is 28.6. The van der Waals surface area contributed by atoms with Gasteiger partial charge >= 0.3 is 5.97 Å². The molecule has 198 valence electrons. The fourth-order valence-corrected chi connectivity index (χ4v) is 3.98. The van der Waals surface area contributed by atoms with E-state index < -0.39 is 5.97 Å². The molecule has 3 aromatic carbocycles. The second-order valence-corrected chi connectivity index (χ2v) is 8.83. The SMILES string of the molecule is COc1cccc(-c2onc(-c3cccc(CC(=O)O)c3)c2C)c1.O=CNCCOc1ccc(Cl)cc1Cl. The molecule has 0 spiro atoms. The van der Waals surface area contributed by atoms with Gasteiger partial charge in [-0.15, -0.1) is 0 Å². The van der Waals surface area contributed by atoms with Crippen molar-refractivity contribution in [3.05, 3.63) is 87.9 Å². The van der Waals surface area contributed by atoms with Crippen LogP contribution in [-0.4, -0.2) is 42.9 Å². The van der Waals surface area contributed by atoms with Crippen molar-refractivity contribution in [1.29, 1.82) is 0 Å². The summed E-state index contributed by atoms with van der Waals surface area (Å²) in [5, 5.41) is 16.6. The molecule has 0 bridgehead atoms. The summed E-state index contributed by atoms with van der Waals surface area (Å²) in [4.78, 5) is 20.8. The van der Waals surface area contributed by atoms with E-state index in [1.165, 1.54) is 0 Å². The molecule has 1 heterocycles. The van der Waals surface area contributed by atoms with Gasteiger partial charge in [-0.2, -0.15) is 0 Å². The molecule has 1 aromatic heterocycles. The summed E-state index contributed by atoms with van der Waals surface area (Å²) >= 11 is 11.5. The lowest BCUT2D eigenvalue weighted by atomic mass is 10.0. The van der Waals surface area contributed by atoms with Gasteiger partial charge in [0.1, 0.15) is 23.8 Å². The molecule has 4 rings (SSSR count). The maximum absolute atomic E-state index is 10.9. The molecule has 10 heteroatoms. The predicted octanol–water partition coefficient (Wildman–Crippen LogP) is 6.07. The van der Waals surface area contributed by atoms with Gasteiger partial charge in [-0.05, 0) is 48.9 Å². The molecule has 0 radical (unpaired) electrons. The summed E-state index contributed by atoms with van der Waals surface area (Å²) < 4.78 is 16.1. The van der Waals surface area contributed by atoms with Crippen molar-refractivity contribution in [2.45, 2.75) is 13.3 Å². The predicted molar refractivity (Wildman–Crippen MR) is 146 cm³/mol. The Hall–Kier alpha value is -4.01. The van der Waals surface area contributed by atoms with E-state index in [4.69, 9.17) is 42.3 Å². The number of ether oxygens (including phenoxy) is 2. The van der Waals surface area contributed by atoms with Crippen LogP contribution in [0.4, 0.5) is 0 Å². The molecule has 38 heavy (non-hydrogen) atoms. The highest BCUT2D eigenvalue weighted by Gasteiger charge is 2.16. The second kappa shape index (κ2) is 14.1. The number of halogens is 2. The number of carboxylic acid groups (broad SMARTS) is 1. The fraction of sp³-hybridized carbons (Fsp3) is 0.179. The zero-order chi connectivity index (χ0) is 27.5. The van der Waals surface area contributed by atoms with Crippen molar-refractivity contribution in [2.24, 2.45) is 0 Å². The average Bonchev–Trinajstić information content (AvgIpc) is 3.29. The van der Waals surface area contributed by atoms with Crippen LogP contribution in [-0.2, 0) is 16.0 Å². The lowest BCUT2D eigenvalue weighted by molar-refractivity contribution is -0.136. The topological polar surface area (TPSA) is 111 Å². The highest BCUT2D eigenvalue weighted by Crippen LogP contribution is 2.33. The Morgan fingerprint density at radius 1 is 1.08 bits per heavy atom. The normalized spacial score (nSPS) is 10.2. The molecule has 0 unspecified atom stereocenters. The summed E-state index contributed by atoms with van der Waals surface area (Å²) in [6.45, 7) is 2.76. The van der Waals surface area contributed by atoms with Gasteiger partial charge in [-0.25, -0.2) is 0 Å². The highest BCUT2D eigenvalue weighted by molar-refractivity contribution is 6.35. The number of amides is 1. The van der Waals surface area contributed by atoms with Crippen molar-refractivity contribution >= 4 is 35.6 Å². The van der Waals surface area contributed by atoms with E-state index >= 15 is 0 Å². The van der Waals surface area contributed by atoms with Crippen LogP contribution < -0.4 is 14.8 Å². The van der Waals surface area contributed by atoms with E-state index in [1.54, 1.807) is 31.4 Å². The monoisotopic (exact) mass is 556 g/mol. The molecular formula is C28H26Cl2N2O6. The summed E-state index contributed by atoms with van der Waals surface area (Å²) in [5.74, 6) is 1.12. The number of nitrogens with one attached hydrogen (secondary N) is 1. The number of hydrogen-bond donors (Lipinski definition) is 2. The number of benzene rings is 3. The Kier molecular flexibility index (Phi) is 10.6. The summed E-state index contributed by atoms with van der Waals surface area (Å²) in [5.41, 5.74) is 4.05. The van der Waals surface area contributed by atoms with E-state index in [2.05, 4.69) is 10.5 Å². The van der Waals surface area contributed by atoms with Gasteiger partial charge in [0.25, 0.3) is 0 Å². The van der Waals surface area contributed by atoms with Gasteiger partial charge in [-0.1, -0.05) is 58.7 Å². The lowest BCUT2D eigenvalue weighted by Crippen LogP contribution is -2.19. The summed E-state index contributed by atoms with van der Waals surface area (Å²) in [7, 11) is 1.62. The first-order valence-electron chi connectivity index (χ1n) is 11.5. The van der Waals surface area contributed by atoms with Crippen molar-refractivity contribution in [3.63, 3.8) is 0 Å². The number of aliphatic carboxylic acids is 1. The molecule has 2 N–H and O–H groups in total. The average molecular weight is 557 g/mol. The van der Waals surface area contributed by atoms with E-state index in [1.807, 2.05) is 49.4 Å². The highest BCUT2D eigenvalue weighted by atomic mass is 35.5. The Bertz CT molecular complexity index is 1390. The number of methoxy groups -OCH3 is 1. The maximum Gasteiger partial charge on any atom is 0.307 e. The minimum atomic E-state index is -0.860. The Labute approximate surface area is 230 Å². The zero-order valence-corrected chi connectivity index (χ0v) is 22.3. The molecule has 0 atom stereocenters. The van der Waals surface area contributed by atoms with Gasteiger partial charge in [0.05, 0.1) is 25.1 Å². The van der Waals surface area contributed by atoms with Gasteiger partial charge in [0.2, 0.25) is 6.41 Å². The smallest absolute Gasteiger partial charge is 0.307 e. The largest absolute Gasteiger partial charge is 0.497 e. The van der Waals surface area contributed by atoms with Gasteiger partial charge in [-0.3, -0.25) is 9.59 Å². The maximum atomic E-state index is 10.9. The standard InChI is InChI=1S/C19H17NO4.C9H9Cl2NO2/c1-12-18(14-6-3-5-13(9-14)10-17(21)22)20-24-19(12)15-7-4-8-16(11-15)23-2;10-7-1-2-9(8(11)5-7)14-4-3-12-6-13/h3-9,11H,10H2,1-2H3,(H,21,22);1-2,5-6H,3-4H2,(H,12,13). The molecule has 0 saturated carbocycles. The number of carbonyl (C=O) groups excluding carboxylic acids is 1. The van der Waals surface area contributed by atoms with Crippen LogP contribution in [0.3, 0.4) is 0 Å². The summed E-state index contributed by atoms with van der Waals surface area (Å²) in [6.07, 6.45) is 0.598. The third-order valence-electron chi connectivity index (χ3n) is 5.29. The van der Waals surface area contributed by atoms with Crippen LogP contribution in [0.5, 0.6) is 11.5 Å². The Morgan fingerprint density at radius 3 is 2.55 bits per heavy atom. The van der Waals surface area contributed by atoms with Gasteiger partial charge < -0.3 is 24.4 Å². The molecular weight excluding hydrogens is 531 g/mol. The number of hydrogen-bond acceptors (Lipinski definition) is 6. The molecule has 1 amide bonds. The van der Waals surface area contributed by atoms with E-state index in [-0.39, 0.29) is 6.42 Å². The quantitative estimate of drug-likeness (QED) is 0.180. The molecule has 0 aliphatic carbocycles. The van der Waals surface area contributed by atoms with Crippen LogP contribution in [0.25, 0.3) is 22.6 Å².